The van der Waals surface area contributed by atoms with Crippen LogP contribution in [-0.2, 0) is 0 Å². The molecular formula is C15H20N4O3. The third-order valence-electron chi connectivity index (χ3n) is 4.12. The first-order valence-corrected chi connectivity index (χ1v) is 7.62. The standard InChI is InChI=1S/C15H20N4O3/c16-18-17-12(10-19-5-1-2-6-19)15(20)11-3-4-13-14(9-11)22-8-7-21-13/h3-4,9,12,15,20H,1-2,5-8,10H2/t12?,15-/m1/s1. The van der Waals surface area contributed by atoms with E-state index in [9.17, 15) is 5.11 Å². The van der Waals surface area contributed by atoms with Gasteiger partial charge in [0.2, 0.25) is 0 Å². The molecule has 0 spiro atoms. The van der Waals surface area contributed by atoms with Crippen LogP contribution in [0.3, 0.4) is 0 Å². The number of fused-ring (bicyclic) bond motifs is 1. The minimum absolute atomic E-state index is 0.500. The van der Waals surface area contributed by atoms with E-state index in [0.717, 1.165) is 25.9 Å². The van der Waals surface area contributed by atoms with Gasteiger partial charge in [0.25, 0.3) is 0 Å². The van der Waals surface area contributed by atoms with Gasteiger partial charge >= 0.3 is 0 Å². The largest absolute Gasteiger partial charge is 0.486 e. The number of aliphatic hydroxyl groups excluding tert-OH is 1. The van der Waals surface area contributed by atoms with Gasteiger partial charge in [0.1, 0.15) is 13.2 Å². The summed E-state index contributed by atoms with van der Waals surface area (Å²) < 4.78 is 11.0. The summed E-state index contributed by atoms with van der Waals surface area (Å²) in [4.78, 5) is 5.12. The lowest BCUT2D eigenvalue weighted by Crippen LogP contribution is -2.32. The molecule has 7 heteroatoms. The second-order valence-electron chi connectivity index (χ2n) is 5.63. The maximum absolute atomic E-state index is 10.6. The topological polar surface area (TPSA) is 90.7 Å². The predicted octanol–water partition coefficient (Wildman–Crippen LogP) is 2.27. The van der Waals surface area contributed by atoms with E-state index in [0.29, 0.717) is 36.8 Å². The van der Waals surface area contributed by atoms with Gasteiger partial charge in [-0.3, -0.25) is 0 Å². The molecule has 0 aromatic heterocycles. The monoisotopic (exact) mass is 304 g/mol. The third-order valence-corrected chi connectivity index (χ3v) is 4.12. The van der Waals surface area contributed by atoms with Crippen LogP contribution in [0.1, 0.15) is 24.5 Å². The molecule has 2 aliphatic heterocycles. The fourth-order valence-corrected chi connectivity index (χ4v) is 2.96. The Bertz CT molecular complexity index is 568. The first-order valence-electron chi connectivity index (χ1n) is 7.62. The van der Waals surface area contributed by atoms with Crippen molar-refractivity contribution in [2.24, 2.45) is 5.11 Å². The van der Waals surface area contributed by atoms with Crippen LogP contribution >= 0.6 is 0 Å². The van der Waals surface area contributed by atoms with Crippen molar-refractivity contribution in [1.82, 2.24) is 4.90 Å². The number of nitrogens with zero attached hydrogens (tertiary/aromatic N) is 4. The summed E-state index contributed by atoms with van der Waals surface area (Å²) in [5.41, 5.74) is 9.46. The first kappa shape index (κ1) is 15.0. The molecule has 0 amide bonds. The number of ether oxygens (including phenoxy) is 2. The van der Waals surface area contributed by atoms with Gasteiger partial charge in [0.15, 0.2) is 11.5 Å². The average Bonchev–Trinajstić information content (AvgIpc) is 3.06. The van der Waals surface area contributed by atoms with Gasteiger partial charge in [-0.1, -0.05) is 11.2 Å². The fraction of sp³-hybridized carbons (Fsp3) is 0.600. The minimum atomic E-state index is -0.854. The molecule has 0 aliphatic carbocycles. The summed E-state index contributed by atoms with van der Waals surface area (Å²) in [6.07, 6.45) is 1.46. The van der Waals surface area contributed by atoms with Gasteiger partial charge < -0.3 is 19.5 Å². The minimum Gasteiger partial charge on any atom is -0.486 e. The highest BCUT2D eigenvalue weighted by Gasteiger charge is 2.25. The summed E-state index contributed by atoms with van der Waals surface area (Å²) >= 11 is 0. The molecular weight excluding hydrogens is 284 g/mol. The van der Waals surface area contributed by atoms with Crippen LogP contribution in [0.15, 0.2) is 23.3 Å². The maximum Gasteiger partial charge on any atom is 0.161 e. The van der Waals surface area contributed by atoms with E-state index >= 15 is 0 Å². The molecule has 1 aromatic carbocycles. The van der Waals surface area contributed by atoms with Gasteiger partial charge in [0, 0.05) is 11.5 Å². The molecule has 2 aliphatic rings. The highest BCUT2D eigenvalue weighted by atomic mass is 16.6. The van der Waals surface area contributed by atoms with Crippen molar-refractivity contribution in [1.29, 1.82) is 0 Å². The zero-order valence-electron chi connectivity index (χ0n) is 12.4. The zero-order chi connectivity index (χ0) is 15.4. The van der Waals surface area contributed by atoms with Crippen molar-refractivity contribution in [3.8, 4) is 11.5 Å². The number of azide groups is 1. The van der Waals surface area contributed by atoms with Gasteiger partial charge in [-0.15, -0.1) is 0 Å². The van der Waals surface area contributed by atoms with E-state index in [1.807, 2.05) is 0 Å². The second-order valence-corrected chi connectivity index (χ2v) is 5.63. The highest BCUT2D eigenvalue weighted by molar-refractivity contribution is 5.44. The summed E-state index contributed by atoms with van der Waals surface area (Å²) in [5.74, 6) is 1.31. The van der Waals surface area contributed by atoms with Gasteiger partial charge in [-0.25, -0.2) is 0 Å². The summed E-state index contributed by atoms with van der Waals surface area (Å²) in [7, 11) is 0. The fourth-order valence-electron chi connectivity index (χ4n) is 2.96. The molecule has 1 saturated heterocycles. The summed E-state index contributed by atoms with van der Waals surface area (Å²) in [5, 5.41) is 14.4. The van der Waals surface area contributed by atoms with Crippen molar-refractivity contribution in [2.45, 2.75) is 25.0 Å². The van der Waals surface area contributed by atoms with Gasteiger partial charge in [-0.05, 0) is 49.2 Å². The Morgan fingerprint density at radius 1 is 1.23 bits per heavy atom. The number of benzene rings is 1. The van der Waals surface area contributed by atoms with Crippen molar-refractivity contribution in [3.63, 3.8) is 0 Å². The van der Waals surface area contributed by atoms with Crippen LogP contribution in [-0.4, -0.2) is 48.9 Å². The zero-order valence-corrected chi connectivity index (χ0v) is 12.4. The van der Waals surface area contributed by atoms with Crippen LogP contribution in [0.25, 0.3) is 10.4 Å². The van der Waals surface area contributed by atoms with Crippen LogP contribution in [0.2, 0.25) is 0 Å². The Hall–Kier alpha value is -1.95. The SMILES string of the molecule is [N-]=[N+]=NC(CN1CCCC1)[C@H](O)c1ccc2c(c1)OCCO2. The molecule has 3 rings (SSSR count). The number of hydrogen-bond donors (Lipinski definition) is 1. The van der Waals surface area contributed by atoms with Gasteiger partial charge in [0.05, 0.1) is 12.1 Å². The van der Waals surface area contributed by atoms with Crippen LogP contribution in [0.5, 0.6) is 11.5 Å². The van der Waals surface area contributed by atoms with E-state index in [-0.39, 0.29) is 0 Å². The lowest BCUT2D eigenvalue weighted by atomic mass is 10.0. The van der Waals surface area contributed by atoms with E-state index in [1.165, 1.54) is 0 Å². The number of hydrogen-bond acceptors (Lipinski definition) is 5. The Morgan fingerprint density at radius 3 is 2.68 bits per heavy atom. The molecule has 0 bridgehead atoms. The molecule has 118 valence electrons. The number of rotatable bonds is 5. The van der Waals surface area contributed by atoms with Crippen LogP contribution in [0.4, 0.5) is 0 Å². The van der Waals surface area contributed by atoms with Crippen molar-refractivity contribution < 1.29 is 14.6 Å². The third kappa shape index (κ3) is 3.27. The molecule has 1 fully saturated rings. The Labute approximate surface area is 129 Å². The number of aliphatic hydroxyl groups is 1. The Morgan fingerprint density at radius 2 is 1.95 bits per heavy atom. The quantitative estimate of drug-likeness (QED) is 0.513. The van der Waals surface area contributed by atoms with Crippen molar-refractivity contribution in [2.75, 3.05) is 32.8 Å². The van der Waals surface area contributed by atoms with E-state index in [2.05, 4.69) is 14.9 Å². The average molecular weight is 304 g/mol. The highest BCUT2D eigenvalue weighted by Crippen LogP contribution is 2.34. The molecule has 2 atom stereocenters. The molecule has 7 nitrogen and oxygen atoms in total. The normalized spacial score (nSPS) is 20.2. The van der Waals surface area contributed by atoms with E-state index in [4.69, 9.17) is 15.0 Å². The first-order chi connectivity index (χ1) is 10.8. The second kappa shape index (κ2) is 6.87. The summed E-state index contributed by atoms with van der Waals surface area (Å²) in [6.45, 7) is 3.58. The van der Waals surface area contributed by atoms with Crippen molar-refractivity contribution in [3.05, 3.63) is 34.2 Å². The molecule has 1 N–H and O–H groups in total. The van der Waals surface area contributed by atoms with E-state index in [1.54, 1.807) is 18.2 Å². The van der Waals surface area contributed by atoms with Crippen LogP contribution in [0, 0.1) is 0 Å². The molecule has 22 heavy (non-hydrogen) atoms. The van der Waals surface area contributed by atoms with Gasteiger partial charge in [-0.2, -0.15) is 0 Å². The van der Waals surface area contributed by atoms with Crippen molar-refractivity contribution >= 4 is 0 Å². The Balaban J connectivity index is 1.76. The van der Waals surface area contributed by atoms with E-state index < -0.39 is 12.1 Å². The molecule has 1 unspecified atom stereocenters. The predicted molar refractivity (Wildman–Crippen MR) is 81.0 cm³/mol. The number of likely N-dealkylation sites (tertiary alicyclic amines) is 1. The summed E-state index contributed by atoms with van der Waals surface area (Å²) in [6, 6.07) is 4.84. The molecule has 0 radical (unpaired) electrons. The van der Waals surface area contributed by atoms with Crippen LogP contribution < -0.4 is 9.47 Å². The molecule has 2 heterocycles. The smallest absolute Gasteiger partial charge is 0.161 e. The maximum atomic E-state index is 10.6. The lowest BCUT2D eigenvalue weighted by Gasteiger charge is -2.25. The Kier molecular flexibility index (Phi) is 4.68. The molecule has 0 saturated carbocycles. The lowest BCUT2D eigenvalue weighted by molar-refractivity contribution is 0.124. The molecule has 1 aromatic rings.